The average molecular weight is 577 g/mol. The average Bonchev–Trinajstić information content (AvgIpc) is 2.95. The van der Waals surface area contributed by atoms with Crippen LogP contribution in [-0.4, -0.2) is 22.5 Å². The molecule has 0 spiro atoms. The van der Waals surface area contributed by atoms with Gasteiger partial charge in [0.2, 0.25) is 0 Å². The summed E-state index contributed by atoms with van der Waals surface area (Å²) in [6, 6.07) is 19.4. The normalized spacial score (nSPS) is 13.6. The van der Waals surface area contributed by atoms with Gasteiger partial charge in [-0.2, -0.15) is 0 Å². The highest BCUT2D eigenvalue weighted by Crippen LogP contribution is 2.48. The number of methoxy groups -OCH3 is 2. The molecule has 0 heterocycles. The van der Waals surface area contributed by atoms with Crippen molar-refractivity contribution in [1.29, 1.82) is 0 Å². The lowest BCUT2D eigenvalue weighted by atomic mass is 9.87. The van der Waals surface area contributed by atoms with Crippen molar-refractivity contribution in [1.82, 2.24) is 0 Å². The van der Waals surface area contributed by atoms with Gasteiger partial charge in [0.1, 0.15) is 17.2 Å². The van der Waals surface area contributed by atoms with Crippen LogP contribution in [0.25, 0.3) is 0 Å². The smallest absolute Gasteiger partial charge is 0.258 e. The molecule has 0 amide bonds. The summed E-state index contributed by atoms with van der Waals surface area (Å²) >= 11 is 1.86. The zero-order valence-corrected chi connectivity index (χ0v) is 27.6. The summed E-state index contributed by atoms with van der Waals surface area (Å²) < 4.78 is 19.5. The van der Waals surface area contributed by atoms with Crippen molar-refractivity contribution in [2.45, 2.75) is 101 Å². The predicted molar refractivity (Wildman–Crippen MR) is 173 cm³/mol. The molecule has 3 nitrogen and oxygen atoms in total. The van der Waals surface area contributed by atoms with Gasteiger partial charge in [-0.15, -0.1) is 11.8 Å². The molecule has 40 heavy (non-hydrogen) atoms. The van der Waals surface area contributed by atoms with Crippen molar-refractivity contribution in [3.63, 3.8) is 0 Å². The summed E-state index contributed by atoms with van der Waals surface area (Å²) in [5.41, 5.74) is 8.07. The maximum Gasteiger partial charge on any atom is 0.258 e. The molecule has 216 valence electrons. The number of fused-ring (bicyclic) bond motifs is 1. The Morgan fingerprint density at radius 1 is 0.725 bits per heavy atom. The van der Waals surface area contributed by atoms with Crippen LogP contribution in [0.15, 0.2) is 59.5 Å². The molecule has 0 aliphatic heterocycles. The minimum Gasteiger partial charge on any atom is -0.542 e. The molecule has 1 aliphatic rings. The number of ether oxygens (including phenoxy) is 2. The molecule has 1 aliphatic carbocycles. The fourth-order valence-corrected chi connectivity index (χ4v) is 13.2. The van der Waals surface area contributed by atoms with Crippen molar-refractivity contribution in [3.8, 4) is 17.2 Å². The molecule has 0 saturated carbocycles. The number of benzene rings is 3. The maximum absolute atomic E-state index is 7.56. The molecule has 0 radical (unpaired) electrons. The first-order valence-corrected chi connectivity index (χ1v) is 18.1. The van der Waals surface area contributed by atoms with Crippen molar-refractivity contribution in [3.05, 3.63) is 82.4 Å². The van der Waals surface area contributed by atoms with E-state index in [4.69, 9.17) is 13.9 Å². The highest BCUT2D eigenvalue weighted by atomic mass is 32.2. The van der Waals surface area contributed by atoms with Crippen LogP contribution in [0.1, 0.15) is 82.2 Å². The molecule has 4 rings (SSSR count). The second-order valence-corrected chi connectivity index (χ2v) is 18.5. The summed E-state index contributed by atoms with van der Waals surface area (Å²) in [5, 5.41) is 0. The van der Waals surface area contributed by atoms with Crippen molar-refractivity contribution >= 4 is 20.1 Å². The number of rotatable bonds is 12. The summed E-state index contributed by atoms with van der Waals surface area (Å²) in [5.74, 6) is 3.97. The molecule has 3 aromatic carbocycles. The third-order valence-electron chi connectivity index (χ3n) is 8.80. The van der Waals surface area contributed by atoms with E-state index in [9.17, 15) is 0 Å². The van der Waals surface area contributed by atoms with Crippen LogP contribution in [0.2, 0.25) is 16.6 Å². The van der Waals surface area contributed by atoms with Gasteiger partial charge in [0.15, 0.2) is 0 Å². The molecule has 0 aromatic heterocycles. The number of thioether (sulfide) groups is 1. The maximum atomic E-state index is 7.56. The zero-order chi connectivity index (χ0) is 28.9. The van der Waals surface area contributed by atoms with Gasteiger partial charge in [-0.1, -0.05) is 71.9 Å². The molecule has 0 unspecified atom stereocenters. The van der Waals surface area contributed by atoms with E-state index in [-0.39, 0.29) is 0 Å². The fraction of sp³-hybridized carbons (Fsp3) is 0.486. The van der Waals surface area contributed by atoms with Crippen LogP contribution >= 0.6 is 11.8 Å². The highest BCUT2D eigenvalue weighted by molar-refractivity contribution is 7.98. The van der Waals surface area contributed by atoms with Gasteiger partial charge in [0.05, 0.1) is 14.2 Å². The molecule has 5 heteroatoms. The van der Waals surface area contributed by atoms with E-state index < -0.39 is 8.32 Å². The van der Waals surface area contributed by atoms with Gasteiger partial charge in [-0.25, -0.2) is 0 Å². The molecule has 0 atom stereocenters. The molecule has 0 N–H and O–H groups in total. The van der Waals surface area contributed by atoms with Crippen molar-refractivity contribution < 1.29 is 13.9 Å². The number of hydrogen-bond donors (Lipinski definition) is 0. The Balaban J connectivity index is 1.84. The molecule has 0 saturated heterocycles. The summed E-state index contributed by atoms with van der Waals surface area (Å²) in [6.07, 6.45) is 5.32. The molecular weight excluding hydrogens is 529 g/mol. The minimum atomic E-state index is -2.16. The van der Waals surface area contributed by atoms with Crippen LogP contribution < -0.4 is 13.9 Å². The van der Waals surface area contributed by atoms with Crippen LogP contribution in [0.3, 0.4) is 0 Å². The standard InChI is InChI=1S/C35H48O3SSi/c1-24(2)40(25(3)4,26(5)6)38-35-28(22-34(37-8)30-18-12-13-19-31(30)35)21-27-15-14-20-33(36-7)32(27)23-39-29-16-10-9-11-17-29/h9-11,14-17,20,22,24-26H,12-13,18-19,21,23H2,1-8H3. The fourth-order valence-electron chi connectivity index (χ4n) is 6.91. The van der Waals surface area contributed by atoms with E-state index in [1.54, 1.807) is 7.11 Å². The van der Waals surface area contributed by atoms with E-state index in [1.807, 2.05) is 18.9 Å². The molecule has 0 fully saturated rings. The third-order valence-corrected chi connectivity index (χ3v) is 15.8. The Kier molecular flexibility index (Phi) is 10.3. The van der Waals surface area contributed by atoms with E-state index in [2.05, 4.69) is 96.1 Å². The first-order valence-electron chi connectivity index (χ1n) is 15.0. The summed E-state index contributed by atoms with van der Waals surface area (Å²) in [4.78, 5) is 1.26. The van der Waals surface area contributed by atoms with Crippen molar-refractivity contribution in [2.24, 2.45) is 0 Å². The van der Waals surface area contributed by atoms with Crippen LogP contribution in [0.5, 0.6) is 17.2 Å². The van der Waals surface area contributed by atoms with Crippen LogP contribution in [0.4, 0.5) is 0 Å². The Morgan fingerprint density at radius 3 is 1.95 bits per heavy atom. The van der Waals surface area contributed by atoms with Gasteiger partial charge in [0, 0.05) is 33.8 Å². The lowest BCUT2D eigenvalue weighted by molar-refractivity contribution is 0.401. The monoisotopic (exact) mass is 576 g/mol. The van der Waals surface area contributed by atoms with Gasteiger partial charge < -0.3 is 13.9 Å². The Labute approximate surface area is 248 Å². The zero-order valence-electron chi connectivity index (χ0n) is 25.8. The molecule has 0 bridgehead atoms. The Hall–Kier alpha value is -2.37. The first-order chi connectivity index (χ1) is 19.2. The number of hydrogen-bond acceptors (Lipinski definition) is 4. The van der Waals surface area contributed by atoms with Crippen LogP contribution in [-0.2, 0) is 25.0 Å². The quantitative estimate of drug-likeness (QED) is 0.158. The van der Waals surface area contributed by atoms with E-state index in [0.29, 0.717) is 16.6 Å². The van der Waals surface area contributed by atoms with E-state index in [1.165, 1.54) is 45.6 Å². The van der Waals surface area contributed by atoms with Gasteiger partial charge in [-0.05, 0) is 77.7 Å². The molecule has 3 aromatic rings. The Bertz CT molecular complexity index is 1250. The van der Waals surface area contributed by atoms with Crippen molar-refractivity contribution in [2.75, 3.05) is 14.2 Å². The van der Waals surface area contributed by atoms with Gasteiger partial charge in [0.25, 0.3) is 8.32 Å². The lowest BCUT2D eigenvalue weighted by Gasteiger charge is -2.43. The summed E-state index contributed by atoms with van der Waals surface area (Å²) in [7, 11) is 1.43. The van der Waals surface area contributed by atoms with E-state index >= 15 is 0 Å². The topological polar surface area (TPSA) is 27.7 Å². The van der Waals surface area contributed by atoms with Crippen LogP contribution in [0, 0.1) is 0 Å². The summed E-state index contributed by atoms with van der Waals surface area (Å²) in [6.45, 7) is 14.3. The first kappa shape index (κ1) is 30.6. The highest BCUT2D eigenvalue weighted by Gasteiger charge is 2.48. The second-order valence-electron chi connectivity index (χ2n) is 12.0. The van der Waals surface area contributed by atoms with Gasteiger partial charge >= 0.3 is 0 Å². The van der Waals surface area contributed by atoms with E-state index in [0.717, 1.165) is 42.3 Å². The molecular formula is C35H48O3SSi. The Morgan fingerprint density at radius 2 is 1.35 bits per heavy atom. The third kappa shape index (κ3) is 6.26. The lowest BCUT2D eigenvalue weighted by Crippen LogP contribution is -2.51. The second kappa shape index (κ2) is 13.5. The largest absolute Gasteiger partial charge is 0.542 e. The predicted octanol–water partition coefficient (Wildman–Crippen LogP) is 10.0. The minimum absolute atomic E-state index is 0.511. The van der Waals surface area contributed by atoms with Gasteiger partial charge in [-0.3, -0.25) is 0 Å². The SMILES string of the molecule is COc1cccc(Cc2cc(OC)c3c(c2O[Si](C(C)C)(C(C)C)C(C)C)CCCC3)c1CSc1ccccc1.